The number of rotatable bonds is 12. The molecule has 0 saturated heterocycles. The minimum Gasteiger partial charge on any atom is -0.481 e. The number of aliphatic hydroxyl groups excluding tert-OH is 2. The highest BCUT2D eigenvalue weighted by atomic mass is 16.4. The van der Waals surface area contributed by atoms with E-state index in [4.69, 9.17) is 5.11 Å². The fraction of sp³-hybridized carbons (Fsp3) is 0.727. The Morgan fingerprint density at radius 1 is 1.30 bits per heavy atom. The minimum atomic E-state index is -0.803. The molecule has 0 radical (unpaired) electrons. The molecule has 0 aromatic rings. The maximum atomic E-state index is 12.2. The van der Waals surface area contributed by atoms with Crippen LogP contribution in [0.15, 0.2) is 24.3 Å². The number of Topliss-reactive ketones (excluding diaryl/α,β-unsaturated/α-hetero) is 1. The van der Waals surface area contributed by atoms with Crippen molar-refractivity contribution in [2.45, 2.75) is 84.3 Å². The van der Waals surface area contributed by atoms with Crippen LogP contribution in [0.2, 0.25) is 0 Å². The number of hydrogen-bond acceptors (Lipinski definition) is 4. The molecular weight excluding hydrogens is 344 g/mol. The Bertz CT molecular complexity index is 535. The molecule has 5 nitrogen and oxygen atoms in total. The molecule has 0 amide bonds. The summed E-state index contributed by atoms with van der Waals surface area (Å²) in [4.78, 5) is 22.7. The maximum Gasteiger partial charge on any atom is 0.303 e. The molecule has 1 saturated carbocycles. The van der Waals surface area contributed by atoms with E-state index in [9.17, 15) is 19.8 Å². The lowest BCUT2D eigenvalue weighted by atomic mass is 9.80. The second kappa shape index (κ2) is 11.4. The first-order chi connectivity index (χ1) is 12.7. The number of aliphatic carboxylic acids is 1. The number of carbonyl (C=O) groups is 2. The molecule has 1 aliphatic rings. The first kappa shape index (κ1) is 23.6. The Kier molecular flexibility index (Phi) is 9.95. The Balaban J connectivity index is 2.63. The largest absolute Gasteiger partial charge is 0.481 e. The average molecular weight is 381 g/mol. The van der Waals surface area contributed by atoms with Gasteiger partial charge in [0.15, 0.2) is 0 Å². The summed E-state index contributed by atoms with van der Waals surface area (Å²) in [6.07, 6.45) is 11.2. The molecule has 3 N–H and O–H groups in total. The van der Waals surface area contributed by atoms with Gasteiger partial charge in [0, 0.05) is 24.7 Å². The highest BCUT2D eigenvalue weighted by Gasteiger charge is 2.39. The van der Waals surface area contributed by atoms with Crippen LogP contribution in [-0.4, -0.2) is 39.3 Å². The van der Waals surface area contributed by atoms with E-state index in [-0.39, 0.29) is 35.9 Å². The minimum absolute atomic E-state index is 0.0482. The fourth-order valence-electron chi connectivity index (χ4n) is 3.53. The molecule has 1 rings (SSSR count). The van der Waals surface area contributed by atoms with Gasteiger partial charge >= 0.3 is 5.97 Å². The zero-order chi connectivity index (χ0) is 20.4. The van der Waals surface area contributed by atoms with E-state index in [1.54, 1.807) is 6.08 Å². The Hall–Kier alpha value is -1.46. The number of carbonyl (C=O) groups excluding carboxylic acids is 1. The van der Waals surface area contributed by atoms with Crippen LogP contribution in [-0.2, 0) is 9.59 Å². The molecule has 0 aromatic carbocycles. The third kappa shape index (κ3) is 7.97. The van der Waals surface area contributed by atoms with Crippen LogP contribution in [0.5, 0.6) is 0 Å². The number of allylic oxidation sites excluding steroid dienone is 2. The van der Waals surface area contributed by atoms with E-state index in [1.165, 1.54) is 0 Å². The van der Waals surface area contributed by atoms with E-state index in [0.29, 0.717) is 19.3 Å². The van der Waals surface area contributed by atoms with Crippen molar-refractivity contribution >= 4 is 11.8 Å². The van der Waals surface area contributed by atoms with Crippen LogP contribution in [0.3, 0.4) is 0 Å². The highest BCUT2D eigenvalue weighted by molar-refractivity contribution is 5.84. The standard InChI is InChI=1S/C22H36O5/c1-4-5-14-22(2,3)20(25)13-12-17-16(18(23)15-19(17)24)10-8-6-7-9-11-21(26)27/h6,8,12-13,16-17,19-20,24-25H,4-5,7,9-11,14-15H2,1-3H3,(H,26,27)/b8-6+,13-12+. The molecule has 27 heavy (non-hydrogen) atoms. The van der Waals surface area contributed by atoms with E-state index in [1.807, 2.05) is 32.1 Å². The van der Waals surface area contributed by atoms with Crippen molar-refractivity contribution in [3.8, 4) is 0 Å². The lowest BCUT2D eigenvalue weighted by molar-refractivity contribution is -0.137. The molecule has 0 aliphatic heterocycles. The van der Waals surface area contributed by atoms with Gasteiger partial charge in [-0.2, -0.15) is 0 Å². The SMILES string of the molecule is CCCCC(C)(C)C(O)/C=C/C1C(O)CC(=O)C1C/C=C/CCCC(=O)O. The number of hydrogen-bond donors (Lipinski definition) is 3. The van der Waals surface area contributed by atoms with Crippen molar-refractivity contribution < 1.29 is 24.9 Å². The molecule has 5 heteroatoms. The molecule has 1 aliphatic carbocycles. The van der Waals surface area contributed by atoms with E-state index in [0.717, 1.165) is 19.3 Å². The van der Waals surface area contributed by atoms with Crippen LogP contribution in [0.4, 0.5) is 0 Å². The first-order valence-corrected chi connectivity index (χ1v) is 10.1. The van der Waals surface area contributed by atoms with Crippen LogP contribution in [0.1, 0.15) is 72.1 Å². The molecule has 0 bridgehead atoms. The van der Waals surface area contributed by atoms with Crippen molar-refractivity contribution in [2.75, 3.05) is 0 Å². The predicted molar refractivity (Wildman–Crippen MR) is 106 cm³/mol. The van der Waals surface area contributed by atoms with E-state index < -0.39 is 18.2 Å². The van der Waals surface area contributed by atoms with Crippen molar-refractivity contribution in [1.29, 1.82) is 0 Å². The summed E-state index contributed by atoms with van der Waals surface area (Å²) in [7, 11) is 0. The summed E-state index contributed by atoms with van der Waals surface area (Å²) in [5, 5.41) is 29.4. The van der Waals surface area contributed by atoms with Gasteiger partial charge in [-0.05, 0) is 31.1 Å². The molecule has 4 unspecified atom stereocenters. The van der Waals surface area contributed by atoms with Crippen LogP contribution < -0.4 is 0 Å². The third-order valence-electron chi connectivity index (χ3n) is 5.54. The second-order valence-electron chi connectivity index (χ2n) is 8.34. The molecule has 1 fully saturated rings. The molecule has 154 valence electrons. The normalized spacial score (nSPS) is 24.9. The lowest BCUT2D eigenvalue weighted by Gasteiger charge is -2.29. The van der Waals surface area contributed by atoms with Crippen LogP contribution in [0.25, 0.3) is 0 Å². The smallest absolute Gasteiger partial charge is 0.303 e. The number of carboxylic acid groups (broad SMARTS) is 1. The predicted octanol–water partition coefficient (Wildman–Crippen LogP) is 3.89. The quantitative estimate of drug-likeness (QED) is 0.353. The van der Waals surface area contributed by atoms with Gasteiger partial charge in [0.25, 0.3) is 0 Å². The highest BCUT2D eigenvalue weighted by Crippen LogP contribution is 2.35. The van der Waals surface area contributed by atoms with Gasteiger partial charge in [-0.25, -0.2) is 0 Å². The Morgan fingerprint density at radius 3 is 2.63 bits per heavy atom. The van der Waals surface area contributed by atoms with Gasteiger partial charge < -0.3 is 15.3 Å². The summed E-state index contributed by atoms with van der Waals surface area (Å²) in [5.41, 5.74) is -0.236. The summed E-state index contributed by atoms with van der Waals surface area (Å²) in [5.74, 6) is -1.31. The third-order valence-corrected chi connectivity index (χ3v) is 5.54. The number of unbranched alkanes of at least 4 members (excludes halogenated alkanes) is 2. The summed E-state index contributed by atoms with van der Waals surface area (Å²) < 4.78 is 0. The van der Waals surface area contributed by atoms with Gasteiger partial charge in [-0.3, -0.25) is 9.59 Å². The number of ketones is 1. The second-order valence-corrected chi connectivity index (χ2v) is 8.34. The maximum absolute atomic E-state index is 12.2. The van der Waals surface area contributed by atoms with Gasteiger partial charge in [0.05, 0.1) is 12.2 Å². The van der Waals surface area contributed by atoms with Crippen molar-refractivity contribution in [3.63, 3.8) is 0 Å². The summed E-state index contributed by atoms with van der Waals surface area (Å²) in [6, 6.07) is 0. The summed E-state index contributed by atoms with van der Waals surface area (Å²) >= 11 is 0. The zero-order valence-electron chi connectivity index (χ0n) is 16.9. The fourth-order valence-corrected chi connectivity index (χ4v) is 3.53. The molecule has 0 spiro atoms. The Labute approximate surface area is 163 Å². The molecule has 4 atom stereocenters. The average Bonchev–Trinajstić information content (AvgIpc) is 2.86. The van der Waals surface area contributed by atoms with Crippen molar-refractivity contribution in [2.24, 2.45) is 17.3 Å². The van der Waals surface area contributed by atoms with Crippen molar-refractivity contribution in [1.82, 2.24) is 0 Å². The van der Waals surface area contributed by atoms with Gasteiger partial charge in [0.1, 0.15) is 5.78 Å². The van der Waals surface area contributed by atoms with Gasteiger partial charge in [-0.15, -0.1) is 0 Å². The number of aliphatic hydroxyl groups is 2. The van der Waals surface area contributed by atoms with Crippen LogP contribution >= 0.6 is 0 Å². The Morgan fingerprint density at radius 2 is 2.00 bits per heavy atom. The van der Waals surface area contributed by atoms with E-state index >= 15 is 0 Å². The lowest BCUT2D eigenvalue weighted by Crippen LogP contribution is -2.28. The molecular formula is C22H36O5. The van der Waals surface area contributed by atoms with Crippen molar-refractivity contribution in [3.05, 3.63) is 24.3 Å². The first-order valence-electron chi connectivity index (χ1n) is 10.1. The van der Waals surface area contributed by atoms with E-state index in [2.05, 4.69) is 6.92 Å². The topological polar surface area (TPSA) is 94.8 Å². The zero-order valence-corrected chi connectivity index (χ0v) is 16.9. The van der Waals surface area contributed by atoms with Crippen LogP contribution in [0, 0.1) is 17.3 Å². The van der Waals surface area contributed by atoms with Gasteiger partial charge in [0.2, 0.25) is 0 Å². The number of carboxylic acids is 1. The van der Waals surface area contributed by atoms with Gasteiger partial charge in [-0.1, -0.05) is 57.9 Å². The monoisotopic (exact) mass is 380 g/mol. The summed E-state index contributed by atoms with van der Waals surface area (Å²) in [6.45, 7) is 6.19. The molecule has 0 heterocycles. The molecule has 0 aromatic heterocycles.